The van der Waals surface area contributed by atoms with Crippen molar-refractivity contribution in [1.29, 1.82) is 0 Å². The summed E-state index contributed by atoms with van der Waals surface area (Å²) in [6.07, 6.45) is 0.672. The predicted octanol–water partition coefficient (Wildman–Crippen LogP) is 2.95. The molecule has 1 aliphatic rings. The van der Waals surface area contributed by atoms with Crippen LogP contribution in [0.2, 0.25) is 5.02 Å². The SMILES string of the molecule is O=C1CSCC1Cc1ccc(F)c(Cl)c1. The zero-order valence-electron chi connectivity index (χ0n) is 8.00. The van der Waals surface area contributed by atoms with Crippen molar-refractivity contribution in [3.63, 3.8) is 0 Å². The van der Waals surface area contributed by atoms with Gasteiger partial charge in [0.1, 0.15) is 11.6 Å². The molecular formula is C11H10ClFOS. The molecule has 1 fully saturated rings. The van der Waals surface area contributed by atoms with E-state index in [4.69, 9.17) is 11.6 Å². The van der Waals surface area contributed by atoms with E-state index >= 15 is 0 Å². The molecule has 1 aromatic carbocycles. The molecule has 0 aromatic heterocycles. The summed E-state index contributed by atoms with van der Waals surface area (Å²) < 4.78 is 12.9. The van der Waals surface area contributed by atoms with Crippen molar-refractivity contribution in [2.45, 2.75) is 6.42 Å². The van der Waals surface area contributed by atoms with Crippen LogP contribution in [0, 0.1) is 11.7 Å². The first-order chi connectivity index (χ1) is 7.16. The zero-order chi connectivity index (χ0) is 10.8. The Balaban J connectivity index is 2.10. The number of rotatable bonds is 2. The van der Waals surface area contributed by atoms with Crippen LogP contribution in [0.5, 0.6) is 0 Å². The predicted molar refractivity (Wildman–Crippen MR) is 60.9 cm³/mol. The van der Waals surface area contributed by atoms with E-state index in [0.29, 0.717) is 18.0 Å². The van der Waals surface area contributed by atoms with E-state index in [1.807, 2.05) is 0 Å². The first kappa shape index (κ1) is 11.0. The summed E-state index contributed by atoms with van der Waals surface area (Å²) in [6.45, 7) is 0. The number of thioether (sulfide) groups is 1. The summed E-state index contributed by atoms with van der Waals surface area (Å²) in [5.41, 5.74) is 0.933. The number of hydrogen-bond acceptors (Lipinski definition) is 2. The van der Waals surface area contributed by atoms with Crippen molar-refractivity contribution in [3.8, 4) is 0 Å². The molecular weight excluding hydrogens is 235 g/mol. The van der Waals surface area contributed by atoms with Gasteiger partial charge in [0.25, 0.3) is 0 Å². The van der Waals surface area contributed by atoms with Gasteiger partial charge in [0.2, 0.25) is 0 Å². The van der Waals surface area contributed by atoms with Gasteiger partial charge in [0, 0.05) is 11.7 Å². The molecule has 0 saturated carbocycles. The van der Waals surface area contributed by atoms with Crippen LogP contribution in [0.1, 0.15) is 5.56 Å². The van der Waals surface area contributed by atoms with Crippen molar-refractivity contribution in [1.82, 2.24) is 0 Å². The Morgan fingerprint density at radius 3 is 2.93 bits per heavy atom. The molecule has 0 bridgehead atoms. The Labute approximate surface area is 97.0 Å². The van der Waals surface area contributed by atoms with Crippen molar-refractivity contribution >= 4 is 29.1 Å². The Morgan fingerprint density at radius 1 is 1.53 bits per heavy atom. The van der Waals surface area contributed by atoms with Gasteiger partial charge in [-0.1, -0.05) is 17.7 Å². The maximum atomic E-state index is 12.9. The summed E-state index contributed by atoms with van der Waals surface area (Å²) >= 11 is 7.33. The highest BCUT2D eigenvalue weighted by Gasteiger charge is 2.25. The van der Waals surface area contributed by atoms with E-state index in [1.54, 1.807) is 23.9 Å². The molecule has 1 saturated heterocycles. The van der Waals surface area contributed by atoms with Gasteiger partial charge in [0.15, 0.2) is 0 Å². The molecule has 80 valence electrons. The third kappa shape index (κ3) is 2.52. The quantitative estimate of drug-likeness (QED) is 0.796. The number of halogens is 2. The molecule has 0 radical (unpaired) electrons. The highest BCUT2D eigenvalue weighted by atomic mass is 35.5. The highest BCUT2D eigenvalue weighted by Crippen LogP contribution is 2.25. The topological polar surface area (TPSA) is 17.1 Å². The smallest absolute Gasteiger partial charge is 0.146 e. The van der Waals surface area contributed by atoms with Gasteiger partial charge in [-0.25, -0.2) is 4.39 Å². The van der Waals surface area contributed by atoms with Crippen LogP contribution in [-0.4, -0.2) is 17.3 Å². The standard InChI is InChI=1S/C11H10ClFOS/c12-9-4-7(1-2-10(9)13)3-8-5-15-6-11(8)14/h1-2,4,8H,3,5-6H2. The number of benzene rings is 1. The van der Waals surface area contributed by atoms with Crippen LogP contribution in [0.3, 0.4) is 0 Å². The minimum absolute atomic E-state index is 0.0801. The van der Waals surface area contributed by atoms with Gasteiger partial charge in [-0.3, -0.25) is 4.79 Å². The summed E-state index contributed by atoms with van der Waals surface area (Å²) in [5.74, 6) is 1.44. The summed E-state index contributed by atoms with van der Waals surface area (Å²) in [7, 11) is 0. The third-order valence-corrected chi connectivity index (χ3v) is 3.90. The second-order valence-electron chi connectivity index (χ2n) is 3.63. The fourth-order valence-electron chi connectivity index (χ4n) is 1.64. The summed E-state index contributed by atoms with van der Waals surface area (Å²) in [6, 6.07) is 4.65. The zero-order valence-corrected chi connectivity index (χ0v) is 9.58. The van der Waals surface area contributed by atoms with Crippen molar-refractivity contribution in [2.24, 2.45) is 5.92 Å². The van der Waals surface area contributed by atoms with Gasteiger partial charge in [0.05, 0.1) is 10.8 Å². The van der Waals surface area contributed by atoms with E-state index in [1.165, 1.54) is 6.07 Å². The van der Waals surface area contributed by atoms with Crippen LogP contribution >= 0.6 is 23.4 Å². The molecule has 0 spiro atoms. The minimum atomic E-state index is -0.410. The monoisotopic (exact) mass is 244 g/mol. The number of carbonyl (C=O) groups excluding carboxylic acids is 1. The number of carbonyl (C=O) groups is 1. The highest BCUT2D eigenvalue weighted by molar-refractivity contribution is 8.00. The molecule has 2 rings (SSSR count). The molecule has 1 nitrogen and oxygen atoms in total. The average Bonchev–Trinajstić information content (AvgIpc) is 2.59. The van der Waals surface area contributed by atoms with E-state index in [-0.39, 0.29) is 10.9 Å². The fraction of sp³-hybridized carbons (Fsp3) is 0.364. The van der Waals surface area contributed by atoms with Crippen LogP contribution in [-0.2, 0) is 11.2 Å². The Hall–Kier alpha value is -0.540. The summed E-state index contributed by atoms with van der Waals surface area (Å²) in [4.78, 5) is 11.4. The lowest BCUT2D eigenvalue weighted by Crippen LogP contribution is -2.13. The first-order valence-corrected chi connectivity index (χ1v) is 6.24. The van der Waals surface area contributed by atoms with Gasteiger partial charge in [-0.05, 0) is 24.1 Å². The first-order valence-electron chi connectivity index (χ1n) is 4.71. The van der Waals surface area contributed by atoms with Crippen molar-refractivity contribution in [2.75, 3.05) is 11.5 Å². The number of hydrogen-bond donors (Lipinski definition) is 0. The van der Waals surface area contributed by atoms with E-state index in [9.17, 15) is 9.18 Å². The normalized spacial score (nSPS) is 20.9. The molecule has 15 heavy (non-hydrogen) atoms. The number of ketones is 1. The van der Waals surface area contributed by atoms with Gasteiger partial charge < -0.3 is 0 Å². The van der Waals surface area contributed by atoms with Crippen LogP contribution in [0.25, 0.3) is 0 Å². The van der Waals surface area contributed by atoms with E-state index in [2.05, 4.69) is 0 Å². The van der Waals surface area contributed by atoms with Crippen molar-refractivity contribution < 1.29 is 9.18 Å². The average molecular weight is 245 g/mol. The molecule has 1 unspecified atom stereocenters. The molecule has 1 aromatic rings. The van der Waals surface area contributed by atoms with Crippen molar-refractivity contribution in [3.05, 3.63) is 34.6 Å². The molecule has 0 N–H and O–H groups in total. The molecule has 0 aliphatic carbocycles. The van der Waals surface area contributed by atoms with Gasteiger partial charge >= 0.3 is 0 Å². The third-order valence-electron chi connectivity index (χ3n) is 2.48. The summed E-state index contributed by atoms with van der Waals surface area (Å²) in [5, 5.41) is 0.130. The lowest BCUT2D eigenvalue weighted by Gasteiger charge is -2.07. The van der Waals surface area contributed by atoms with Crippen LogP contribution in [0.15, 0.2) is 18.2 Å². The second-order valence-corrected chi connectivity index (χ2v) is 5.07. The molecule has 4 heteroatoms. The van der Waals surface area contributed by atoms with E-state index < -0.39 is 5.82 Å². The Bertz CT molecular complexity index is 394. The largest absolute Gasteiger partial charge is 0.298 e. The maximum absolute atomic E-state index is 12.9. The molecule has 1 heterocycles. The van der Waals surface area contributed by atoms with Crippen LogP contribution < -0.4 is 0 Å². The molecule has 1 atom stereocenters. The molecule has 0 amide bonds. The van der Waals surface area contributed by atoms with Crippen LogP contribution in [0.4, 0.5) is 4.39 Å². The van der Waals surface area contributed by atoms with E-state index in [0.717, 1.165) is 11.3 Å². The second kappa shape index (κ2) is 4.54. The molecule has 1 aliphatic heterocycles. The fourth-order valence-corrected chi connectivity index (χ4v) is 2.98. The minimum Gasteiger partial charge on any atom is -0.298 e. The lowest BCUT2D eigenvalue weighted by molar-refractivity contribution is -0.119. The maximum Gasteiger partial charge on any atom is 0.146 e. The van der Waals surface area contributed by atoms with Gasteiger partial charge in [-0.2, -0.15) is 11.8 Å². The number of Topliss-reactive ketones (excluding diaryl/α,β-unsaturated/α-hetero) is 1. The lowest BCUT2D eigenvalue weighted by atomic mass is 9.98. The van der Waals surface area contributed by atoms with Gasteiger partial charge in [-0.15, -0.1) is 0 Å². The Morgan fingerprint density at radius 2 is 2.33 bits per heavy atom. The Kier molecular flexibility index (Phi) is 3.32.